The molecule has 1 fully saturated rings. The fourth-order valence-corrected chi connectivity index (χ4v) is 4.31. The molecule has 0 spiro atoms. The monoisotopic (exact) mass is 415 g/mol. The molecule has 0 atom stereocenters. The van der Waals surface area contributed by atoms with Gasteiger partial charge in [0.05, 0.1) is 23.3 Å². The molecular weight excluding hydrogens is 382 g/mol. The van der Waals surface area contributed by atoms with Crippen molar-refractivity contribution >= 4 is 5.97 Å². The van der Waals surface area contributed by atoms with Crippen LogP contribution in [0.1, 0.15) is 37.4 Å². The number of likely N-dealkylation sites (tertiary alicyclic amines) is 1. The topological polar surface area (TPSA) is 65.7 Å². The van der Waals surface area contributed by atoms with E-state index in [2.05, 4.69) is 4.90 Å². The van der Waals surface area contributed by atoms with E-state index in [1.807, 2.05) is 55.9 Å². The molecule has 2 aromatic rings. The summed E-state index contributed by atoms with van der Waals surface area (Å²) >= 11 is 0. The van der Waals surface area contributed by atoms with Gasteiger partial charge in [-0.05, 0) is 58.3 Å². The molecule has 0 saturated carbocycles. The van der Waals surface area contributed by atoms with E-state index >= 15 is 0 Å². The Bertz CT molecular complexity index is 909. The van der Waals surface area contributed by atoms with Crippen molar-refractivity contribution in [2.75, 3.05) is 33.4 Å². The van der Waals surface area contributed by atoms with E-state index < -0.39 is 5.41 Å². The van der Waals surface area contributed by atoms with E-state index in [1.54, 1.807) is 11.8 Å². The summed E-state index contributed by atoms with van der Waals surface area (Å²) in [6, 6.07) is 9.69. The second kappa shape index (κ2) is 9.62. The minimum absolute atomic E-state index is 0.0165. The Morgan fingerprint density at radius 1 is 1.17 bits per heavy atom. The van der Waals surface area contributed by atoms with E-state index in [-0.39, 0.29) is 11.5 Å². The van der Waals surface area contributed by atoms with Gasteiger partial charge < -0.3 is 9.47 Å². The van der Waals surface area contributed by atoms with Crippen LogP contribution in [0.25, 0.3) is 5.69 Å². The van der Waals surface area contributed by atoms with Gasteiger partial charge >= 0.3 is 5.97 Å². The van der Waals surface area contributed by atoms with Gasteiger partial charge in [0.25, 0.3) is 5.56 Å². The Hall–Kier alpha value is -2.38. The first-order valence-corrected chi connectivity index (χ1v) is 10.6. The molecule has 7 heteroatoms. The first-order chi connectivity index (χ1) is 14.4. The molecule has 1 aromatic carbocycles. The fraction of sp³-hybridized carbons (Fsp3) is 0.565. The SMILES string of the molecule is CCOC(=O)C1(CCOC)CCN(Cc2c(C)n(C)n(-c3ccccc3)c2=O)CC1. The van der Waals surface area contributed by atoms with Crippen LogP contribution in [0, 0.1) is 12.3 Å². The quantitative estimate of drug-likeness (QED) is 0.620. The maximum absolute atomic E-state index is 13.2. The number of hydrogen-bond donors (Lipinski definition) is 0. The summed E-state index contributed by atoms with van der Waals surface area (Å²) in [7, 11) is 3.57. The van der Waals surface area contributed by atoms with Crippen LogP contribution in [0.15, 0.2) is 35.1 Å². The Kier molecular flexibility index (Phi) is 7.15. The summed E-state index contributed by atoms with van der Waals surface area (Å²) in [6.07, 6.45) is 2.10. The zero-order chi connectivity index (χ0) is 21.7. The number of para-hydroxylation sites is 1. The average molecular weight is 416 g/mol. The number of ether oxygens (including phenoxy) is 2. The summed E-state index contributed by atoms with van der Waals surface area (Å²) < 4.78 is 14.2. The van der Waals surface area contributed by atoms with Crippen LogP contribution in [-0.2, 0) is 27.9 Å². The van der Waals surface area contributed by atoms with E-state index in [9.17, 15) is 9.59 Å². The lowest BCUT2D eigenvalue weighted by Crippen LogP contribution is -2.45. The summed E-state index contributed by atoms with van der Waals surface area (Å²) in [6.45, 7) is 6.84. The maximum atomic E-state index is 13.2. The maximum Gasteiger partial charge on any atom is 0.312 e. The molecule has 0 aliphatic carbocycles. The van der Waals surface area contributed by atoms with Crippen LogP contribution < -0.4 is 5.56 Å². The van der Waals surface area contributed by atoms with Gasteiger partial charge in [-0.15, -0.1) is 0 Å². The van der Waals surface area contributed by atoms with Crippen LogP contribution in [0.2, 0.25) is 0 Å². The molecule has 3 rings (SSSR count). The number of piperidine rings is 1. The van der Waals surface area contributed by atoms with Gasteiger partial charge in [0, 0.05) is 33.0 Å². The first-order valence-electron chi connectivity index (χ1n) is 10.6. The molecule has 0 N–H and O–H groups in total. The Balaban J connectivity index is 1.76. The minimum Gasteiger partial charge on any atom is -0.466 e. The van der Waals surface area contributed by atoms with Crippen LogP contribution in [0.3, 0.4) is 0 Å². The highest BCUT2D eigenvalue weighted by atomic mass is 16.5. The number of methoxy groups -OCH3 is 1. The largest absolute Gasteiger partial charge is 0.466 e. The van der Waals surface area contributed by atoms with E-state index in [1.165, 1.54) is 0 Å². The Morgan fingerprint density at radius 2 is 1.83 bits per heavy atom. The van der Waals surface area contributed by atoms with Crippen molar-refractivity contribution in [1.29, 1.82) is 0 Å². The van der Waals surface area contributed by atoms with Gasteiger partial charge in [-0.25, -0.2) is 4.68 Å². The normalized spacial score (nSPS) is 16.5. The van der Waals surface area contributed by atoms with Crippen molar-refractivity contribution in [2.24, 2.45) is 12.5 Å². The Morgan fingerprint density at radius 3 is 2.43 bits per heavy atom. The smallest absolute Gasteiger partial charge is 0.312 e. The lowest BCUT2D eigenvalue weighted by atomic mass is 9.75. The van der Waals surface area contributed by atoms with Crippen LogP contribution in [-0.4, -0.2) is 53.6 Å². The zero-order valence-electron chi connectivity index (χ0n) is 18.5. The number of benzene rings is 1. The van der Waals surface area contributed by atoms with Gasteiger partial charge in [-0.1, -0.05) is 18.2 Å². The van der Waals surface area contributed by atoms with Gasteiger partial charge in [0.2, 0.25) is 0 Å². The van der Waals surface area contributed by atoms with Gasteiger partial charge in [-0.2, -0.15) is 0 Å². The standard InChI is InChI=1S/C23H33N3O4/c1-5-30-22(28)23(13-16-29-4)11-14-25(15-12-23)17-20-18(2)24(3)26(21(20)27)19-9-7-6-8-10-19/h6-10H,5,11-17H2,1-4H3. The summed E-state index contributed by atoms with van der Waals surface area (Å²) in [5.41, 5.74) is 2.16. The van der Waals surface area contributed by atoms with Gasteiger partial charge in [-0.3, -0.25) is 19.2 Å². The molecule has 1 aromatic heterocycles. The predicted molar refractivity (Wildman–Crippen MR) is 116 cm³/mol. The molecule has 1 aliphatic heterocycles. The third-order valence-corrected chi connectivity index (χ3v) is 6.36. The predicted octanol–water partition coefficient (Wildman–Crippen LogP) is 2.67. The highest BCUT2D eigenvalue weighted by molar-refractivity contribution is 5.77. The molecule has 2 heterocycles. The van der Waals surface area contributed by atoms with Crippen molar-refractivity contribution in [3.63, 3.8) is 0 Å². The summed E-state index contributed by atoms with van der Waals surface area (Å²) in [5.74, 6) is -0.121. The zero-order valence-corrected chi connectivity index (χ0v) is 18.5. The van der Waals surface area contributed by atoms with Crippen molar-refractivity contribution in [2.45, 2.75) is 39.7 Å². The molecule has 1 aliphatic rings. The summed E-state index contributed by atoms with van der Waals surface area (Å²) in [4.78, 5) is 28.1. The molecule has 0 amide bonds. The lowest BCUT2D eigenvalue weighted by Gasteiger charge is -2.39. The Labute approximate surface area is 178 Å². The van der Waals surface area contributed by atoms with Crippen LogP contribution in [0.5, 0.6) is 0 Å². The third-order valence-electron chi connectivity index (χ3n) is 6.36. The molecule has 30 heavy (non-hydrogen) atoms. The average Bonchev–Trinajstić information content (AvgIpc) is 2.97. The number of hydrogen-bond acceptors (Lipinski definition) is 5. The second-order valence-electron chi connectivity index (χ2n) is 8.06. The van der Waals surface area contributed by atoms with Crippen molar-refractivity contribution < 1.29 is 14.3 Å². The molecule has 0 unspecified atom stereocenters. The van der Waals surface area contributed by atoms with Crippen molar-refractivity contribution in [3.8, 4) is 5.69 Å². The summed E-state index contributed by atoms with van der Waals surface area (Å²) in [5, 5.41) is 0. The molecule has 7 nitrogen and oxygen atoms in total. The fourth-order valence-electron chi connectivity index (χ4n) is 4.31. The highest BCUT2D eigenvalue weighted by Crippen LogP contribution is 2.37. The van der Waals surface area contributed by atoms with Crippen LogP contribution in [0.4, 0.5) is 0 Å². The number of aromatic nitrogens is 2. The van der Waals surface area contributed by atoms with Gasteiger partial charge in [0.15, 0.2) is 0 Å². The number of rotatable bonds is 8. The van der Waals surface area contributed by atoms with Crippen LogP contribution >= 0.6 is 0 Å². The van der Waals surface area contributed by atoms with Crippen molar-refractivity contribution in [3.05, 3.63) is 51.9 Å². The number of carbonyl (C=O) groups excluding carboxylic acids is 1. The highest BCUT2D eigenvalue weighted by Gasteiger charge is 2.42. The lowest BCUT2D eigenvalue weighted by molar-refractivity contribution is -0.160. The molecule has 164 valence electrons. The van der Waals surface area contributed by atoms with E-state index in [0.29, 0.717) is 39.0 Å². The van der Waals surface area contributed by atoms with E-state index in [0.717, 1.165) is 30.0 Å². The first kappa shape index (κ1) is 22.3. The molecular formula is C23H33N3O4. The number of carbonyl (C=O) groups is 1. The molecule has 1 saturated heterocycles. The number of nitrogens with zero attached hydrogens (tertiary/aromatic N) is 3. The third kappa shape index (κ3) is 4.37. The second-order valence-corrected chi connectivity index (χ2v) is 8.06. The van der Waals surface area contributed by atoms with E-state index in [4.69, 9.17) is 9.47 Å². The minimum atomic E-state index is -0.488. The molecule has 0 radical (unpaired) electrons. The number of esters is 1. The molecule has 0 bridgehead atoms. The van der Waals surface area contributed by atoms with Crippen molar-refractivity contribution in [1.82, 2.24) is 14.3 Å². The van der Waals surface area contributed by atoms with Gasteiger partial charge in [0.1, 0.15) is 0 Å².